The maximum absolute atomic E-state index is 13.6. The van der Waals surface area contributed by atoms with Gasteiger partial charge in [-0.25, -0.2) is 14.4 Å². The zero-order valence-corrected chi connectivity index (χ0v) is 15.0. The number of halogens is 1. The van der Waals surface area contributed by atoms with Crippen LogP contribution < -0.4 is 10.6 Å². The molecule has 138 valence electrons. The number of carbonyl (C=O) groups is 1. The summed E-state index contributed by atoms with van der Waals surface area (Å²) in [5.74, 6) is 1.17. The van der Waals surface area contributed by atoms with Crippen molar-refractivity contribution in [2.75, 3.05) is 19.5 Å². The second-order valence-electron chi connectivity index (χ2n) is 6.48. The molecule has 0 bridgehead atoms. The monoisotopic (exact) mass is 358 g/mol. The van der Waals surface area contributed by atoms with E-state index in [0.29, 0.717) is 18.0 Å². The Kier molecular flexibility index (Phi) is 5.78. The van der Waals surface area contributed by atoms with Crippen molar-refractivity contribution in [2.24, 2.45) is 0 Å². The molecule has 0 spiro atoms. The number of amides is 1. The number of ether oxygens (including phenoxy) is 1. The minimum absolute atomic E-state index is 0.0588. The second-order valence-corrected chi connectivity index (χ2v) is 6.48. The molecule has 3 rings (SSSR count). The summed E-state index contributed by atoms with van der Waals surface area (Å²) in [6.45, 7) is 0.359. The average Bonchev–Trinajstić information content (AvgIpc) is 2.59. The highest BCUT2D eigenvalue weighted by Crippen LogP contribution is 2.36. The van der Waals surface area contributed by atoms with Crippen LogP contribution in [0.15, 0.2) is 30.3 Å². The molecule has 7 heteroatoms. The molecule has 1 aliphatic carbocycles. The molecule has 0 saturated heterocycles. The zero-order chi connectivity index (χ0) is 18.5. The summed E-state index contributed by atoms with van der Waals surface area (Å²) in [7, 11) is 3.43. The average molecular weight is 358 g/mol. The van der Waals surface area contributed by atoms with Gasteiger partial charge in [-0.1, -0.05) is 18.2 Å². The van der Waals surface area contributed by atoms with E-state index < -0.39 is 0 Å². The van der Waals surface area contributed by atoms with Gasteiger partial charge in [0.25, 0.3) is 0 Å². The molecule has 1 amide bonds. The van der Waals surface area contributed by atoms with Crippen molar-refractivity contribution in [2.45, 2.75) is 37.8 Å². The number of hydrogen-bond acceptors (Lipinski definition) is 5. The highest BCUT2D eigenvalue weighted by Gasteiger charge is 2.33. The molecule has 0 aliphatic heterocycles. The maximum Gasteiger partial charge on any atom is 0.224 e. The summed E-state index contributed by atoms with van der Waals surface area (Å²) in [5, 5.41) is 6.00. The van der Waals surface area contributed by atoms with Crippen LogP contribution in [0.5, 0.6) is 0 Å². The van der Waals surface area contributed by atoms with Gasteiger partial charge >= 0.3 is 0 Å². The largest absolute Gasteiger partial charge is 0.377 e. The predicted molar refractivity (Wildman–Crippen MR) is 96.3 cm³/mol. The maximum atomic E-state index is 13.6. The van der Waals surface area contributed by atoms with Crippen molar-refractivity contribution in [1.29, 1.82) is 0 Å². The first-order valence-corrected chi connectivity index (χ1v) is 8.66. The van der Waals surface area contributed by atoms with Crippen LogP contribution in [0, 0.1) is 5.82 Å². The van der Waals surface area contributed by atoms with Crippen molar-refractivity contribution in [3.05, 3.63) is 53.2 Å². The number of hydrogen-bond donors (Lipinski definition) is 2. The number of carbonyl (C=O) groups excluding carboxylic acids is 1. The van der Waals surface area contributed by atoms with E-state index in [2.05, 4.69) is 20.6 Å². The Hall–Kier alpha value is -2.54. The van der Waals surface area contributed by atoms with E-state index in [4.69, 9.17) is 4.74 Å². The molecule has 0 atom stereocenters. The van der Waals surface area contributed by atoms with Crippen LogP contribution in [0.3, 0.4) is 0 Å². The fourth-order valence-electron chi connectivity index (χ4n) is 3.12. The molecule has 26 heavy (non-hydrogen) atoms. The minimum Gasteiger partial charge on any atom is -0.377 e. The fraction of sp³-hybridized carbons (Fsp3) is 0.421. The number of nitrogens with one attached hydrogen (secondary N) is 2. The third kappa shape index (κ3) is 4.35. The van der Waals surface area contributed by atoms with E-state index >= 15 is 0 Å². The molecule has 1 aliphatic rings. The quantitative estimate of drug-likeness (QED) is 0.795. The van der Waals surface area contributed by atoms with Gasteiger partial charge in [0.1, 0.15) is 18.2 Å². The second kappa shape index (κ2) is 8.23. The van der Waals surface area contributed by atoms with E-state index in [1.165, 1.54) is 6.07 Å². The summed E-state index contributed by atoms with van der Waals surface area (Å²) in [4.78, 5) is 21.0. The molecule has 0 radical (unpaired) electrons. The Morgan fingerprint density at radius 2 is 2.08 bits per heavy atom. The van der Waals surface area contributed by atoms with E-state index in [1.807, 2.05) is 13.1 Å². The van der Waals surface area contributed by atoms with Gasteiger partial charge in [-0.15, -0.1) is 0 Å². The van der Waals surface area contributed by atoms with Gasteiger partial charge in [-0.3, -0.25) is 4.79 Å². The number of rotatable bonds is 7. The van der Waals surface area contributed by atoms with Crippen LogP contribution >= 0.6 is 0 Å². The van der Waals surface area contributed by atoms with Gasteiger partial charge in [0.05, 0.1) is 6.42 Å². The molecule has 6 nitrogen and oxygen atoms in total. The topological polar surface area (TPSA) is 76.1 Å². The lowest BCUT2D eigenvalue weighted by Crippen LogP contribution is -2.44. The smallest absolute Gasteiger partial charge is 0.224 e. The molecule has 1 aromatic carbocycles. The number of benzene rings is 1. The van der Waals surface area contributed by atoms with Gasteiger partial charge in [-0.05, 0) is 24.5 Å². The number of anilines is 1. The summed E-state index contributed by atoms with van der Waals surface area (Å²) >= 11 is 0. The lowest BCUT2D eigenvalue weighted by atomic mass is 9.78. The molecule has 2 aromatic rings. The van der Waals surface area contributed by atoms with Gasteiger partial charge in [0.2, 0.25) is 5.91 Å². The third-order valence-electron chi connectivity index (χ3n) is 4.55. The molecule has 1 aromatic heterocycles. The van der Waals surface area contributed by atoms with Crippen molar-refractivity contribution >= 4 is 11.7 Å². The molecular formula is C19H23FN4O2. The normalized spacial score (nSPS) is 18.9. The highest BCUT2D eigenvalue weighted by molar-refractivity contribution is 5.79. The van der Waals surface area contributed by atoms with Crippen LogP contribution in [0.25, 0.3) is 0 Å². The summed E-state index contributed by atoms with van der Waals surface area (Å²) in [6.07, 6.45) is 1.69. The SMILES string of the molecule is CNc1cc(C2CC(NC(=O)Cc3ccccc3F)C2)nc(COC)n1. The van der Waals surface area contributed by atoms with Crippen LogP contribution in [-0.4, -0.2) is 36.1 Å². The van der Waals surface area contributed by atoms with Crippen LogP contribution in [-0.2, 0) is 22.6 Å². The lowest BCUT2D eigenvalue weighted by Gasteiger charge is -2.35. The lowest BCUT2D eigenvalue weighted by molar-refractivity contribution is -0.121. The van der Waals surface area contributed by atoms with E-state index in [-0.39, 0.29) is 30.1 Å². The molecule has 1 fully saturated rings. The summed E-state index contributed by atoms with van der Waals surface area (Å²) in [6, 6.07) is 8.38. The van der Waals surface area contributed by atoms with Crippen LogP contribution in [0.2, 0.25) is 0 Å². The van der Waals surface area contributed by atoms with E-state index in [0.717, 1.165) is 24.4 Å². The Morgan fingerprint density at radius 1 is 1.31 bits per heavy atom. The molecule has 1 heterocycles. The predicted octanol–water partition coefficient (Wildman–Crippen LogP) is 2.41. The number of nitrogens with zero attached hydrogens (tertiary/aromatic N) is 2. The summed E-state index contributed by atoms with van der Waals surface area (Å²) < 4.78 is 18.7. The van der Waals surface area contributed by atoms with Gasteiger partial charge in [0, 0.05) is 37.9 Å². The molecule has 1 saturated carbocycles. The van der Waals surface area contributed by atoms with E-state index in [9.17, 15) is 9.18 Å². The Morgan fingerprint density at radius 3 is 2.77 bits per heavy atom. The van der Waals surface area contributed by atoms with Gasteiger partial charge < -0.3 is 15.4 Å². The van der Waals surface area contributed by atoms with Crippen LogP contribution in [0.1, 0.15) is 35.8 Å². The fourth-order valence-corrected chi connectivity index (χ4v) is 3.12. The van der Waals surface area contributed by atoms with Crippen molar-refractivity contribution in [3.63, 3.8) is 0 Å². The first-order chi connectivity index (χ1) is 12.6. The van der Waals surface area contributed by atoms with E-state index in [1.54, 1.807) is 25.3 Å². The zero-order valence-electron chi connectivity index (χ0n) is 15.0. The van der Waals surface area contributed by atoms with Crippen molar-refractivity contribution in [3.8, 4) is 0 Å². The Labute approximate surface area is 152 Å². The number of aromatic nitrogens is 2. The third-order valence-corrected chi connectivity index (χ3v) is 4.55. The highest BCUT2D eigenvalue weighted by atomic mass is 19.1. The van der Waals surface area contributed by atoms with Crippen molar-refractivity contribution in [1.82, 2.24) is 15.3 Å². The Balaban J connectivity index is 1.55. The van der Waals surface area contributed by atoms with Gasteiger partial charge in [0.15, 0.2) is 5.82 Å². The minimum atomic E-state index is -0.347. The summed E-state index contributed by atoms with van der Waals surface area (Å²) in [5.41, 5.74) is 1.37. The van der Waals surface area contributed by atoms with Crippen molar-refractivity contribution < 1.29 is 13.9 Å². The molecule has 2 N–H and O–H groups in total. The van der Waals surface area contributed by atoms with Gasteiger partial charge in [-0.2, -0.15) is 0 Å². The first kappa shape index (κ1) is 18.3. The Bertz CT molecular complexity index is 778. The standard InChI is InChI=1S/C19H23FN4O2/c1-21-17-10-16(23-18(24-17)11-26-2)13-7-14(8-13)22-19(25)9-12-5-3-4-6-15(12)20/h3-6,10,13-14H,7-9,11H2,1-2H3,(H,22,25)(H,21,23,24). The van der Waals surface area contributed by atoms with Crippen LogP contribution in [0.4, 0.5) is 10.2 Å². The molecular weight excluding hydrogens is 335 g/mol. The molecule has 0 unspecified atom stereocenters. The first-order valence-electron chi connectivity index (χ1n) is 8.66. The number of methoxy groups -OCH3 is 1.